The first-order chi connectivity index (χ1) is 15.7. The van der Waals surface area contributed by atoms with Gasteiger partial charge in [-0.3, -0.25) is 20.2 Å². The molecule has 33 heavy (non-hydrogen) atoms. The van der Waals surface area contributed by atoms with Crippen molar-refractivity contribution in [2.75, 3.05) is 18.5 Å². The molecule has 1 unspecified atom stereocenters. The predicted molar refractivity (Wildman–Crippen MR) is 123 cm³/mol. The van der Waals surface area contributed by atoms with E-state index < -0.39 is 23.0 Å². The molecule has 11 nitrogen and oxygen atoms in total. The number of azo groups is 1. The van der Waals surface area contributed by atoms with Crippen molar-refractivity contribution < 1.29 is 19.2 Å². The lowest BCUT2D eigenvalue weighted by molar-refractivity contribution is -0.384. The van der Waals surface area contributed by atoms with Crippen LogP contribution in [0.2, 0.25) is 15.1 Å². The molecule has 2 aromatic rings. The minimum Gasteiger partial charge on any atom is -0.447 e. The van der Waals surface area contributed by atoms with E-state index in [0.29, 0.717) is 16.4 Å². The predicted octanol–water partition coefficient (Wildman–Crippen LogP) is 5.47. The van der Waals surface area contributed by atoms with Gasteiger partial charge in [-0.1, -0.05) is 34.8 Å². The molecule has 0 bridgehead atoms. The minimum absolute atomic E-state index is 0.00469. The van der Waals surface area contributed by atoms with Gasteiger partial charge < -0.3 is 4.74 Å². The Hall–Kier alpha value is -3.28. The molecule has 1 aliphatic rings. The van der Waals surface area contributed by atoms with Gasteiger partial charge >= 0.3 is 6.09 Å². The van der Waals surface area contributed by atoms with E-state index in [4.69, 9.17) is 39.5 Å². The van der Waals surface area contributed by atoms with Crippen molar-refractivity contribution in [3.8, 4) is 0 Å². The number of amides is 2. The van der Waals surface area contributed by atoms with Crippen molar-refractivity contribution in [3.05, 3.63) is 61.6 Å². The number of ether oxygens (including phenoxy) is 1. The highest BCUT2D eigenvalue weighted by molar-refractivity contribution is 6.42. The van der Waals surface area contributed by atoms with Gasteiger partial charge in [0.05, 0.1) is 32.2 Å². The van der Waals surface area contributed by atoms with E-state index in [1.54, 1.807) is 13.0 Å². The number of nitrogens with zero attached hydrogens (tertiary/aromatic N) is 5. The Morgan fingerprint density at radius 3 is 2.64 bits per heavy atom. The Labute approximate surface area is 202 Å². The standard InChI is InChI=1S/C19H15Cl3N6O5/c1-10-17(25-24-16-5-3-12(28(31)32)9-15(16)22)18(29)27(26-10)6-7-33-19(30)23-11-2-4-13(20)14(21)8-11/h2-5,8-9,17H,6-7H2,1H3,(H,23,30). The largest absolute Gasteiger partial charge is 0.447 e. The number of carbonyl (C=O) groups excluding carboxylic acids is 2. The first kappa shape index (κ1) is 24.4. The van der Waals surface area contributed by atoms with E-state index >= 15 is 0 Å². The molecule has 0 aromatic heterocycles. The van der Waals surface area contributed by atoms with Gasteiger partial charge in [-0.15, -0.1) is 0 Å². The van der Waals surface area contributed by atoms with Gasteiger partial charge in [0.25, 0.3) is 11.6 Å². The van der Waals surface area contributed by atoms with Gasteiger partial charge in [0, 0.05) is 17.8 Å². The van der Waals surface area contributed by atoms with Crippen LogP contribution in [0.3, 0.4) is 0 Å². The normalized spacial score (nSPS) is 15.6. The third kappa shape index (κ3) is 6.15. The average molecular weight is 514 g/mol. The second kappa shape index (κ2) is 10.6. The zero-order chi connectivity index (χ0) is 24.1. The number of nitrogens with one attached hydrogen (secondary N) is 1. The first-order valence-electron chi connectivity index (χ1n) is 9.26. The molecular weight excluding hydrogens is 499 g/mol. The summed E-state index contributed by atoms with van der Waals surface area (Å²) >= 11 is 17.7. The Bertz CT molecular complexity index is 1170. The molecule has 0 fully saturated rings. The van der Waals surface area contributed by atoms with Crippen LogP contribution in [0.15, 0.2) is 51.7 Å². The fourth-order valence-electron chi connectivity index (χ4n) is 2.67. The van der Waals surface area contributed by atoms with E-state index in [2.05, 4.69) is 20.6 Å². The lowest BCUT2D eigenvalue weighted by atomic mass is 10.2. The maximum absolute atomic E-state index is 12.6. The number of hydrazone groups is 1. The Morgan fingerprint density at radius 1 is 1.21 bits per heavy atom. The minimum atomic E-state index is -0.985. The smallest absolute Gasteiger partial charge is 0.411 e. The number of nitro benzene ring substituents is 1. The van der Waals surface area contributed by atoms with Crippen LogP contribution in [0.4, 0.5) is 21.9 Å². The van der Waals surface area contributed by atoms with Crippen LogP contribution >= 0.6 is 34.8 Å². The molecule has 2 aromatic carbocycles. The molecule has 0 radical (unpaired) electrons. The van der Waals surface area contributed by atoms with Crippen molar-refractivity contribution in [2.45, 2.75) is 13.0 Å². The van der Waals surface area contributed by atoms with Crippen molar-refractivity contribution in [1.29, 1.82) is 0 Å². The van der Waals surface area contributed by atoms with Crippen LogP contribution in [-0.4, -0.2) is 46.8 Å². The number of rotatable bonds is 7. The second-order valence-corrected chi connectivity index (χ2v) is 7.82. The quantitative estimate of drug-likeness (QED) is 0.297. The number of benzene rings is 2. The molecule has 2 amide bonds. The van der Waals surface area contributed by atoms with E-state index in [9.17, 15) is 19.7 Å². The Morgan fingerprint density at radius 2 is 1.97 bits per heavy atom. The summed E-state index contributed by atoms with van der Waals surface area (Å²) in [6.45, 7) is 1.46. The lowest BCUT2D eigenvalue weighted by Crippen LogP contribution is -2.32. The number of carbonyl (C=O) groups is 2. The fourth-order valence-corrected chi connectivity index (χ4v) is 3.18. The number of nitro groups is 1. The van der Waals surface area contributed by atoms with Crippen molar-refractivity contribution >= 4 is 69.6 Å². The number of anilines is 1. The SMILES string of the molecule is CC1=NN(CCOC(=O)Nc2ccc(Cl)c(Cl)c2)C(=O)C1N=Nc1ccc([N+](=O)[O-])cc1Cl. The molecule has 1 heterocycles. The van der Waals surface area contributed by atoms with Crippen LogP contribution < -0.4 is 5.32 Å². The molecular formula is C19H15Cl3N6O5. The third-order valence-electron chi connectivity index (χ3n) is 4.29. The monoisotopic (exact) mass is 512 g/mol. The Balaban J connectivity index is 1.53. The van der Waals surface area contributed by atoms with E-state index in [1.807, 2.05) is 0 Å². The van der Waals surface area contributed by atoms with Gasteiger partial charge in [0.1, 0.15) is 12.3 Å². The average Bonchev–Trinajstić information content (AvgIpc) is 3.02. The maximum atomic E-state index is 12.6. The topological polar surface area (TPSA) is 139 Å². The summed E-state index contributed by atoms with van der Waals surface area (Å²) in [5.41, 5.74) is 0.750. The van der Waals surface area contributed by atoms with Gasteiger partial charge in [-0.25, -0.2) is 9.80 Å². The second-order valence-electron chi connectivity index (χ2n) is 6.60. The van der Waals surface area contributed by atoms with Gasteiger partial charge in [0.2, 0.25) is 0 Å². The van der Waals surface area contributed by atoms with Gasteiger partial charge in [-0.2, -0.15) is 15.3 Å². The van der Waals surface area contributed by atoms with Crippen molar-refractivity contribution in [2.24, 2.45) is 15.3 Å². The number of halogens is 3. The molecule has 0 spiro atoms. The highest BCUT2D eigenvalue weighted by Gasteiger charge is 2.33. The molecule has 1 aliphatic heterocycles. The zero-order valence-corrected chi connectivity index (χ0v) is 19.1. The fraction of sp³-hybridized carbons (Fsp3) is 0.211. The summed E-state index contributed by atoms with van der Waals surface area (Å²) in [5.74, 6) is -0.470. The molecule has 0 saturated carbocycles. The van der Waals surface area contributed by atoms with Crippen molar-refractivity contribution in [1.82, 2.24) is 5.01 Å². The van der Waals surface area contributed by atoms with Crippen LogP contribution in [-0.2, 0) is 9.53 Å². The number of hydrogen-bond acceptors (Lipinski definition) is 8. The first-order valence-corrected chi connectivity index (χ1v) is 10.4. The van der Waals surface area contributed by atoms with E-state index in [1.165, 1.54) is 24.3 Å². The summed E-state index contributed by atoms with van der Waals surface area (Å²) in [6.07, 6.45) is -0.746. The van der Waals surface area contributed by atoms with Crippen LogP contribution in [0.1, 0.15) is 6.92 Å². The summed E-state index contributed by atoms with van der Waals surface area (Å²) in [7, 11) is 0. The Kier molecular flexibility index (Phi) is 7.79. The van der Waals surface area contributed by atoms with Crippen LogP contribution in [0.5, 0.6) is 0 Å². The summed E-state index contributed by atoms with van der Waals surface area (Å²) in [6, 6.07) is 7.26. The molecule has 14 heteroatoms. The summed E-state index contributed by atoms with van der Waals surface area (Å²) in [4.78, 5) is 34.7. The van der Waals surface area contributed by atoms with Crippen molar-refractivity contribution in [3.63, 3.8) is 0 Å². The molecule has 172 valence electrons. The highest BCUT2D eigenvalue weighted by atomic mass is 35.5. The maximum Gasteiger partial charge on any atom is 0.411 e. The zero-order valence-electron chi connectivity index (χ0n) is 16.9. The highest BCUT2D eigenvalue weighted by Crippen LogP contribution is 2.30. The van der Waals surface area contributed by atoms with E-state index in [0.717, 1.165) is 11.1 Å². The van der Waals surface area contributed by atoms with Crippen LogP contribution in [0, 0.1) is 10.1 Å². The molecule has 3 rings (SSSR count). The van der Waals surface area contributed by atoms with Gasteiger partial charge in [-0.05, 0) is 31.2 Å². The lowest BCUT2D eigenvalue weighted by Gasteiger charge is -2.13. The molecule has 1 atom stereocenters. The molecule has 0 aliphatic carbocycles. The summed E-state index contributed by atoms with van der Waals surface area (Å²) in [5, 5.41) is 27.0. The summed E-state index contributed by atoms with van der Waals surface area (Å²) < 4.78 is 5.06. The number of non-ortho nitro benzene ring substituents is 1. The molecule has 0 saturated heterocycles. The van der Waals surface area contributed by atoms with Crippen LogP contribution in [0.25, 0.3) is 0 Å². The van der Waals surface area contributed by atoms with E-state index in [-0.39, 0.29) is 34.6 Å². The van der Waals surface area contributed by atoms with Gasteiger partial charge in [0.15, 0.2) is 6.04 Å². The molecule has 1 N–H and O–H groups in total. The third-order valence-corrected chi connectivity index (χ3v) is 5.33. The number of hydrogen-bond donors (Lipinski definition) is 1.